The molecule has 2 rings (SSSR count). The number of methoxy groups -OCH3 is 1. The van der Waals surface area contributed by atoms with Crippen molar-refractivity contribution >= 4 is 11.4 Å². The van der Waals surface area contributed by atoms with Crippen LogP contribution in [0.3, 0.4) is 0 Å². The van der Waals surface area contributed by atoms with Crippen LogP contribution in [0.25, 0.3) is 0 Å². The molecule has 1 aromatic rings. The molecule has 1 saturated carbocycles. The van der Waals surface area contributed by atoms with Gasteiger partial charge in [0.05, 0.1) is 17.1 Å². The molecule has 1 N–H and O–H groups in total. The lowest BCUT2D eigenvalue weighted by atomic mass is 9.85. The lowest BCUT2D eigenvalue weighted by Gasteiger charge is -2.43. The minimum absolute atomic E-state index is 0.0323. The van der Waals surface area contributed by atoms with Gasteiger partial charge in [-0.1, -0.05) is 0 Å². The first-order valence-electron chi connectivity index (χ1n) is 6.41. The van der Waals surface area contributed by atoms with Gasteiger partial charge in [-0.05, 0) is 19.4 Å². The first kappa shape index (κ1) is 14.7. The standard InChI is InChI=1S/C13H17FN2O4/c1-3-20-12-7-10(13(12)19-2)15-9-6-8(14)4-5-11(9)16(17)18/h4-6,10,12-13,15H,3,7H2,1-2H3. The number of nitrogens with one attached hydrogen (secondary N) is 1. The molecule has 0 bridgehead atoms. The molecule has 0 saturated heterocycles. The van der Waals surface area contributed by atoms with Crippen molar-refractivity contribution in [2.45, 2.75) is 31.6 Å². The Morgan fingerprint density at radius 3 is 2.90 bits per heavy atom. The number of benzene rings is 1. The van der Waals surface area contributed by atoms with Crippen molar-refractivity contribution in [3.8, 4) is 0 Å². The van der Waals surface area contributed by atoms with E-state index >= 15 is 0 Å². The van der Waals surface area contributed by atoms with Crippen LogP contribution in [0, 0.1) is 15.9 Å². The van der Waals surface area contributed by atoms with Gasteiger partial charge in [-0.3, -0.25) is 10.1 Å². The second-order valence-electron chi connectivity index (χ2n) is 4.60. The summed E-state index contributed by atoms with van der Waals surface area (Å²) in [6.45, 7) is 2.47. The molecule has 1 aliphatic rings. The smallest absolute Gasteiger partial charge is 0.292 e. The number of nitrogens with zero attached hydrogens (tertiary/aromatic N) is 1. The van der Waals surface area contributed by atoms with E-state index in [4.69, 9.17) is 9.47 Å². The summed E-state index contributed by atoms with van der Waals surface area (Å²) in [7, 11) is 1.56. The molecular weight excluding hydrogens is 267 g/mol. The highest BCUT2D eigenvalue weighted by Gasteiger charge is 2.42. The van der Waals surface area contributed by atoms with E-state index in [1.165, 1.54) is 0 Å². The quantitative estimate of drug-likeness (QED) is 0.641. The summed E-state index contributed by atoms with van der Waals surface area (Å²) >= 11 is 0. The van der Waals surface area contributed by atoms with Crippen molar-refractivity contribution < 1.29 is 18.8 Å². The molecule has 6 nitrogen and oxygen atoms in total. The molecule has 3 unspecified atom stereocenters. The maximum Gasteiger partial charge on any atom is 0.292 e. The van der Waals surface area contributed by atoms with Crippen molar-refractivity contribution in [2.24, 2.45) is 0 Å². The van der Waals surface area contributed by atoms with Crippen LogP contribution in [-0.2, 0) is 9.47 Å². The Morgan fingerprint density at radius 2 is 2.30 bits per heavy atom. The van der Waals surface area contributed by atoms with Crippen LogP contribution in [0.5, 0.6) is 0 Å². The van der Waals surface area contributed by atoms with E-state index in [-0.39, 0.29) is 29.6 Å². The molecule has 0 heterocycles. The van der Waals surface area contributed by atoms with Gasteiger partial charge in [-0.25, -0.2) is 4.39 Å². The number of nitro benzene ring substituents is 1. The minimum Gasteiger partial charge on any atom is -0.377 e. The van der Waals surface area contributed by atoms with Crippen LogP contribution in [-0.4, -0.2) is 36.9 Å². The number of rotatable bonds is 6. The summed E-state index contributed by atoms with van der Waals surface area (Å²) in [4.78, 5) is 10.4. The molecule has 1 aliphatic carbocycles. The summed E-state index contributed by atoms with van der Waals surface area (Å²) in [6, 6.07) is 3.22. The highest BCUT2D eigenvalue weighted by molar-refractivity contribution is 5.62. The van der Waals surface area contributed by atoms with E-state index in [2.05, 4.69) is 5.32 Å². The van der Waals surface area contributed by atoms with Crippen LogP contribution < -0.4 is 5.32 Å². The lowest BCUT2D eigenvalue weighted by Crippen LogP contribution is -2.56. The van der Waals surface area contributed by atoms with Crippen LogP contribution in [0.4, 0.5) is 15.8 Å². The highest BCUT2D eigenvalue weighted by Crippen LogP contribution is 2.33. The summed E-state index contributed by atoms with van der Waals surface area (Å²) in [5, 5.41) is 13.9. The van der Waals surface area contributed by atoms with Gasteiger partial charge < -0.3 is 14.8 Å². The molecule has 0 amide bonds. The summed E-state index contributed by atoms with van der Waals surface area (Å²) in [5.41, 5.74) is 0.0121. The first-order valence-corrected chi connectivity index (χ1v) is 6.41. The molecule has 3 atom stereocenters. The molecular formula is C13H17FN2O4. The molecule has 7 heteroatoms. The third-order valence-corrected chi connectivity index (χ3v) is 3.40. The molecule has 1 fully saturated rings. The van der Waals surface area contributed by atoms with Crippen LogP contribution in [0.1, 0.15) is 13.3 Å². The van der Waals surface area contributed by atoms with Gasteiger partial charge in [0, 0.05) is 25.8 Å². The maximum atomic E-state index is 13.2. The number of nitro groups is 1. The van der Waals surface area contributed by atoms with E-state index in [9.17, 15) is 14.5 Å². The number of anilines is 1. The van der Waals surface area contributed by atoms with E-state index in [1.54, 1.807) is 7.11 Å². The molecule has 0 spiro atoms. The third kappa shape index (κ3) is 2.88. The second-order valence-corrected chi connectivity index (χ2v) is 4.60. The van der Waals surface area contributed by atoms with Crippen LogP contribution in [0.15, 0.2) is 18.2 Å². The second kappa shape index (κ2) is 6.15. The lowest BCUT2D eigenvalue weighted by molar-refractivity contribution is -0.384. The molecule has 20 heavy (non-hydrogen) atoms. The Hall–Kier alpha value is -1.73. The predicted molar refractivity (Wildman–Crippen MR) is 71.3 cm³/mol. The SMILES string of the molecule is CCOC1CC(Nc2cc(F)ccc2[N+](=O)[O-])C1OC. The van der Waals surface area contributed by atoms with Crippen molar-refractivity contribution in [3.05, 3.63) is 34.1 Å². The van der Waals surface area contributed by atoms with E-state index < -0.39 is 10.7 Å². The maximum absolute atomic E-state index is 13.2. The van der Waals surface area contributed by atoms with Gasteiger partial charge >= 0.3 is 0 Å². The summed E-state index contributed by atoms with van der Waals surface area (Å²) < 4.78 is 24.0. The average molecular weight is 284 g/mol. The topological polar surface area (TPSA) is 73.6 Å². The zero-order chi connectivity index (χ0) is 14.7. The Labute approximate surface area is 116 Å². The van der Waals surface area contributed by atoms with Crippen molar-refractivity contribution in [1.82, 2.24) is 0 Å². The number of hydrogen-bond donors (Lipinski definition) is 1. The first-order chi connectivity index (χ1) is 9.56. The third-order valence-electron chi connectivity index (χ3n) is 3.40. The molecule has 110 valence electrons. The Morgan fingerprint density at radius 1 is 1.55 bits per heavy atom. The number of halogens is 1. The minimum atomic E-state index is -0.539. The zero-order valence-electron chi connectivity index (χ0n) is 11.3. The van der Waals surface area contributed by atoms with Gasteiger partial charge in [-0.2, -0.15) is 0 Å². The fraction of sp³-hybridized carbons (Fsp3) is 0.538. The van der Waals surface area contributed by atoms with Crippen molar-refractivity contribution in [3.63, 3.8) is 0 Å². The fourth-order valence-corrected chi connectivity index (χ4v) is 2.40. The Kier molecular flexibility index (Phi) is 4.51. The largest absolute Gasteiger partial charge is 0.377 e. The summed E-state index contributed by atoms with van der Waals surface area (Å²) in [6.07, 6.45) is 0.438. The molecule has 0 aliphatic heterocycles. The normalized spacial score (nSPS) is 25.1. The molecule has 0 radical (unpaired) electrons. The number of hydrogen-bond acceptors (Lipinski definition) is 5. The van der Waals surface area contributed by atoms with Gasteiger partial charge in [-0.15, -0.1) is 0 Å². The number of ether oxygens (including phenoxy) is 2. The average Bonchev–Trinajstić information content (AvgIpc) is 2.37. The van der Waals surface area contributed by atoms with Crippen LogP contribution in [0.2, 0.25) is 0 Å². The van der Waals surface area contributed by atoms with Gasteiger partial charge in [0.25, 0.3) is 5.69 Å². The van der Waals surface area contributed by atoms with E-state index in [0.29, 0.717) is 13.0 Å². The molecule has 0 aromatic heterocycles. The van der Waals surface area contributed by atoms with Gasteiger partial charge in [0.2, 0.25) is 0 Å². The van der Waals surface area contributed by atoms with Crippen molar-refractivity contribution in [2.75, 3.05) is 19.0 Å². The van der Waals surface area contributed by atoms with Gasteiger partial charge in [0.15, 0.2) is 0 Å². The monoisotopic (exact) mass is 284 g/mol. The molecule has 1 aromatic carbocycles. The van der Waals surface area contributed by atoms with Crippen molar-refractivity contribution in [1.29, 1.82) is 0 Å². The Balaban J connectivity index is 2.11. The van der Waals surface area contributed by atoms with E-state index in [0.717, 1.165) is 18.2 Å². The summed E-state index contributed by atoms with van der Waals surface area (Å²) in [5.74, 6) is -0.521. The van der Waals surface area contributed by atoms with E-state index in [1.807, 2.05) is 6.92 Å². The van der Waals surface area contributed by atoms with Crippen LogP contribution >= 0.6 is 0 Å². The van der Waals surface area contributed by atoms with Gasteiger partial charge in [0.1, 0.15) is 17.6 Å². The fourth-order valence-electron chi connectivity index (χ4n) is 2.40. The predicted octanol–water partition coefficient (Wildman–Crippen LogP) is 2.34. The highest BCUT2D eigenvalue weighted by atomic mass is 19.1. The Bertz CT molecular complexity index is 497. The zero-order valence-corrected chi connectivity index (χ0v) is 11.3.